The molecule has 4 rings (SSSR count). The van der Waals surface area contributed by atoms with Crippen LogP contribution in [0.5, 0.6) is 0 Å². The molecule has 3 heterocycles. The summed E-state index contributed by atoms with van der Waals surface area (Å²) in [4.78, 5) is 46.2. The highest BCUT2D eigenvalue weighted by Gasteiger charge is 2.42. The van der Waals surface area contributed by atoms with E-state index in [0.29, 0.717) is 49.6 Å². The van der Waals surface area contributed by atoms with Gasteiger partial charge in [0, 0.05) is 61.8 Å². The van der Waals surface area contributed by atoms with E-state index in [-0.39, 0.29) is 29.6 Å². The summed E-state index contributed by atoms with van der Waals surface area (Å²) in [5.41, 5.74) is 1.56. The number of anilines is 1. The van der Waals surface area contributed by atoms with Gasteiger partial charge in [-0.15, -0.1) is 0 Å². The van der Waals surface area contributed by atoms with E-state index >= 15 is 0 Å². The van der Waals surface area contributed by atoms with Crippen LogP contribution in [-0.4, -0.2) is 76.9 Å². The van der Waals surface area contributed by atoms with E-state index in [9.17, 15) is 19.5 Å². The second-order valence-electron chi connectivity index (χ2n) is 9.08. The number of carbonyl (C=O) groups excluding carboxylic acids is 2. The van der Waals surface area contributed by atoms with E-state index in [1.165, 1.54) is 11.8 Å². The van der Waals surface area contributed by atoms with Crippen molar-refractivity contribution in [2.45, 2.75) is 31.7 Å². The summed E-state index contributed by atoms with van der Waals surface area (Å²) in [5, 5.41) is 10.2. The van der Waals surface area contributed by atoms with Gasteiger partial charge in [-0.3, -0.25) is 9.59 Å². The number of nitrogens with zero attached hydrogens (tertiary/aromatic N) is 4. The Morgan fingerprint density at radius 1 is 1.06 bits per heavy atom. The minimum Gasteiger partial charge on any atom is -0.465 e. The molecule has 1 aromatic heterocycles. The van der Waals surface area contributed by atoms with Gasteiger partial charge in [0.2, 0.25) is 5.91 Å². The molecule has 0 bridgehead atoms. The fourth-order valence-electron chi connectivity index (χ4n) is 4.93. The smallest absolute Gasteiger partial charge is 0.407 e. The Hall–Kier alpha value is -3.13. The zero-order chi connectivity index (χ0) is 24.4. The Morgan fingerprint density at radius 3 is 2.29 bits per heavy atom. The number of piperidine rings is 1. The lowest BCUT2D eigenvalue weighted by atomic mass is 9.93. The molecule has 0 radical (unpaired) electrons. The molecule has 2 aromatic rings. The number of carboxylic acid groups (broad SMARTS) is 1. The molecule has 8 nitrogen and oxygen atoms in total. The molecule has 1 aromatic carbocycles. The number of likely N-dealkylation sites (N-methyl/N-ethyl adjacent to an activating group) is 1. The summed E-state index contributed by atoms with van der Waals surface area (Å²) in [6, 6.07) is 10.7. The van der Waals surface area contributed by atoms with E-state index in [1.807, 2.05) is 23.1 Å². The summed E-state index contributed by atoms with van der Waals surface area (Å²) < 4.78 is 0. The molecule has 180 valence electrons. The first kappa shape index (κ1) is 24.0. The van der Waals surface area contributed by atoms with Crippen molar-refractivity contribution in [3.8, 4) is 0 Å². The van der Waals surface area contributed by atoms with Gasteiger partial charge in [-0.25, -0.2) is 9.78 Å². The van der Waals surface area contributed by atoms with Gasteiger partial charge in [0.1, 0.15) is 5.82 Å². The van der Waals surface area contributed by atoms with Crippen molar-refractivity contribution >= 4 is 35.2 Å². The predicted molar refractivity (Wildman–Crippen MR) is 130 cm³/mol. The second kappa shape index (κ2) is 10.0. The van der Waals surface area contributed by atoms with Crippen molar-refractivity contribution in [2.24, 2.45) is 5.92 Å². The number of amides is 2. The van der Waals surface area contributed by atoms with Crippen molar-refractivity contribution in [3.05, 3.63) is 58.7 Å². The Bertz CT molecular complexity index is 1050. The monoisotopic (exact) mass is 484 g/mol. The van der Waals surface area contributed by atoms with Crippen LogP contribution < -0.4 is 4.90 Å². The average molecular weight is 485 g/mol. The molecule has 1 N–H and O–H groups in total. The van der Waals surface area contributed by atoms with Crippen LogP contribution in [0.1, 0.15) is 41.6 Å². The number of ketones is 1. The number of pyridine rings is 1. The molecule has 9 heteroatoms. The number of carbonyl (C=O) groups is 3. The topological polar surface area (TPSA) is 94.1 Å². The number of halogens is 1. The van der Waals surface area contributed by atoms with Gasteiger partial charge < -0.3 is 19.8 Å². The number of likely N-dealkylation sites (tertiary alicyclic amines) is 1. The van der Waals surface area contributed by atoms with Crippen LogP contribution in [0, 0.1) is 5.92 Å². The first-order valence-electron chi connectivity index (χ1n) is 11.5. The summed E-state index contributed by atoms with van der Waals surface area (Å²) in [7, 11) is 1.56. The SMILES string of the molecule is CC(=O)c1ccc(N2CCC(C(=O)N3C[C@@H](N(C)C(=O)O)[C@H](c4ccc(Cl)cc4)C3)CC2)nc1. The molecule has 2 fully saturated rings. The maximum absolute atomic E-state index is 13.4. The normalized spacial score (nSPS) is 20.9. The highest BCUT2D eigenvalue weighted by molar-refractivity contribution is 6.30. The Morgan fingerprint density at radius 2 is 1.74 bits per heavy atom. The van der Waals surface area contributed by atoms with Gasteiger partial charge in [-0.2, -0.15) is 0 Å². The molecule has 0 aliphatic carbocycles. The lowest BCUT2D eigenvalue weighted by Crippen LogP contribution is -2.44. The number of rotatable bonds is 5. The van der Waals surface area contributed by atoms with Gasteiger partial charge >= 0.3 is 6.09 Å². The number of benzene rings is 1. The third kappa shape index (κ3) is 5.01. The van der Waals surface area contributed by atoms with Crippen molar-refractivity contribution in [1.29, 1.82) is 0 Å². The molecule has 0 saturated carbocycles. The predicted octanol–water partition coefficient (Wildman–Crippen LogP) is 3.76. The van der Waals surface area contributed by atoms with Crippen molar-refractivity contribution in [1.82, 2.24) is 14.8 Å². The van der Waals surface area contributed by atoms with E-state index in [4.69, 9.17) is 11.6 Å². The molecular weight excluding hydrogens is 456 g/mol. The summed E-state index contributed by atoms with van der Waals surface area (Å²) >= 11 is 6.03. The number of hydrogen-bond donors (Lipinski definition) is 1. The van der Waals surface area contributed by atoms with Crippen LogP contribution in [-0.2, 0) is 4.79 Å². The quantitative estimate of drug-likeness (QED) is 0.649. The van der Waals surface area contributed by atoms with Crippen LogP contribution in [0.2, 0.25) is 5.02 Å². The molecule has 2 atom stereocenters. The lowest BCUT2D eigenvalue weighted by Gasteiger charge is -2.34. The fourth-order valence-corrected chi connectivity index (χ4v) is 5.06. The molecule has 34 heavy (non-hydrogen) atoms. The van der Waals surface area contributed by atoms with Crippen molar-refractivity contribution in [3.63, 3.8) is 0 Å². The van der Waals surface area contributed by atoms with Gasteiger partial charge in [-0.1, -0.05) is 23.7 Å². The minimum absolute atomic E-state index is 0.0160. The van der Waals surface area contributed by atoms with Crippen molar-refractivity contribution < 1.29 is 19.5 Å². The maximum Gasteiger partial charge on any atom is 0.407 e. The number of Topliss-reactive ketones (excluding diaryl/α,β-unsaturated/α-hetero) is 1. The Balaban J connectivity index is 1.42. The van der Waals surface area contributed by atoms with Crippen LogP contribution in [0.4, 0.5) is 10.6 Å². The molecular formula is C25H29ClN4O4. The standard InChI is InChI=1S/C25H29ClN4O4/c1-16(31)19-5-8-23(27-13-19)29-11-9-18(10-12-29)24(32)30-14-21(17-3-6-20(26)7-4-17)22(15-30)28(2)25(33)34/h3-8,13,18,21-22H,9-12,14-15H2,1-2H3,(H,33,34)/t21-,22+/m0/s1. The first-order chi connectivity index (χ1) is 16.2. The van der Waals surface area contributed by atoms with Crippen LogP contribution in [0.15, 0.2) is 42.6 Å². The number of aromatic nitrogens is 1. The highest BCUT2D eigenvalue weighted by Crippen LogP contribution is 2.34. The molecule has 0 spiro atoms. The molecule has 2 amide bonds. The number of hydrogen-bond acceptors (Lipinski definition) is 5. The summed E-state index contributed by atoms with van der Waals surface area (Å²) in [6.07, 6.45) is 2.00. The van der Waals surface area contributed by atoms with E-state index in [1.54, 1.807) is 31.4 Å². The Labute approximate surface area is 204 Å². The van der Waals surface area contributed by atoms with Crippen molar-refractivity contribution in [2.75, 3.05) is 38.1 Å². The lowest BCUT2D eigenvalue weighted by molar-refractivity contribution is -0.135. The first-order valence-corrected chi connectivity index (χ1v) is 11.8. The van der Waals surface area contributed by atoms with Gasteiger partial charge in [0.15, 0.2) is 5.78 Å². The Kier molecular flexibility index (Phi) is 7.07. The zero-order valence-corrected chi connectivity index (χ0v) is 20.1. The largest absolute Gasteiger partial charge is 0.465 e. The molecule has 2 aliphatic rings. The van der Waals surface area contributed by atoms with E-state index in [2.05, 4.69) is 9.88 Å². The maximum atomic E-state index is 13.4. The third-order valence-corrected chi connectivity index (χ3v) is 7.27. The van der Waals surface area contributed by atoms with Crippen LogP contribution in [0.3, 0.4) is 0 Å². The zero-order valence-electron chi connectivity index (χ0n) is 19.4. The van der Waals surface area contributed by atoms with E-state index in [0.717, 1.165) is 11.4 Å². The van der Waals surface area contributed by atoms with Crippen LogP contribution >= 0.6 is 11.6 Å². The van der Waals surface area contributed by atoms with Gasteiger partial charge in [0.05, 0.1) is 6.04 Å². The molecule has 0 unspecified atom stereocenters. The molecule has 2 aliphatic heterocycles. The van der Waals surface area contributed by atoms with Gasteiger partial charge in [0.25, 0.3) is 0 Å². The van der Waals surface area contributed by atoms with Crippen LogP contribution in [0.25, 0.3) is 0 Å². The fraction of sp³-hybridized carbons (Fsp3) is 0.440. The van der Waals surface area contributed by atoms with Gasteiger partial charge in [-0.05, 0) is 49.6 Å². The summed E-state index contributed by atoms with van der Waals surface area (Å²) in [6.45, 7) is 3.79. The average Bonchev–Trinajstić information content (AvgIpc) is 3.29. The second-order valence-corrected chi connectivity index (χ2v) is 9.52. The minimum atomic E-state index is -1.00. The van der Waals surface area contributed by atoms with E-state index < -0.39 is 6.09 Å². The molecule has 2 saturated heterocycles. The highest BCUT2D eigenvalue weighted by atomic mass is 35.5. The third-order valence-electron chi connectivity index (χ3n) is 7.02. The summed E-state index contributed by atoms with van der Waals surface area (Å²) in [5.74, 6) is 0.666.